The Bertz CT molecular complexity index is 347. The molecule has 0 aliphatic heterocycles. The minimum Gasteiger partial charge on any atom is -0.382 e. The van der Waals surface area contributed by atoms with Crippen LogP contribution in [-0.4, -0.2) is 6.04 Å². The summed E-state index contributed by atoms with van der Waals surface area (Å²) >= 11 is 0. The highest BCUT2D eigenvalue weighted by atomic mass is 19.2. The zero-order chi connectivity index (χ0) is 10.8. The van der Waals surface area contributed by atoms with E-state index < -0.39 is 11.6 Å². The van der Waals surface area contributed by atoms with Crippen LogP contribution >= 0.6 is 0 Å². The van der Waals surface area contributed by atoms with Crippen molar-refractivity contribution in [3.8, 4) is 0 Å². The molecule has 2 rings (SSSR count). The monoisotopic (exact) mass is 211 g/mol. The van der Waals surface area contributed by atoms with Crippen LogP contribution in [0.4, 0.5) is 14.5 Å². The molecule has 1 aromatic rings. The number of anilines is 1. The van der Waals surface area contributed by atoms with Gasteiger partial charge in [-0.05, 0) is 37.3 Å². The molecule has 1 unspecified atom stereocenters. The summed E-state index contributed by atoms with van der Waals surface area (Å²) in [7, 11) is 0. The lowest BCUT2D eigenvalue weighted by Gasteiger charge is -2.17. The second-order valence-electron chi connectivity index (χ2n) is 4.13. The number of hydrogen-bond acceptors (Lipinski definition) is 1. The Balaban J connectivity index is 2.05. The fourth-order valence-corrected chi connectivity index (χ4v) is 1.85. The van der Waals surface area contributed by atoms with Gasteiger partial charge in [0.05, 0.1) is 0 Å². The van der Waals surface area contributed by atoms with Crippen LogP contribution in [-0.2, 0) is 0 Å². The summed E-state index contributed by atoms with van der Waals surface area (Å²) in [5.41, 5.74) is 0.674. The molecule has 1 aliphatic carbocycles. The molecule has 15 heavy (non-hydrogen) atoms. The smallest absolute Gasteiger partial charge is 0.160 e. The van der Waals surface area contributed by atoms with Gasteiger partial charge in [-0.1, -0.05) is 6.92 Å². The topological polar surface area (TPSA) is 12.0 Å². The number of rotatable bonds is 4. The Kier molecular flexibility index (Phi) is 2.89. The van der Waals surface area contributed by atoms with Gasteiger partial charge in [-0.15, -0.1) is 0 Å². The van der Waals surface area contributed by atoms with E-state index >= 15 is 0 Å². The Hall–Kier alpha value is -1.12. The van der Waals surface area contributed by atoms with Crippen molar-refractivity contribution < 1.29 is 8.78 Å². The molecule has 1 N–H and O–H groups in total. The number of hydrogen-bond donors (Lipinski definition) is 1. The molecule has 1 nitrogen and oxygen atoms in total. The zero-order valence-electron chi connectivity index (χ0n) is 8.76. The van der Waals surface area contributed by atoms with Gasteiger partial charge in [-0.2, -0.15) is 0 Å². The van der Waals surface area contributed by atoms with Crippen LogP contribution in [0.1, 0.15) is 26.2 Å². The fourth-order valence-electron chi connectivity index (χ4n) is 1.85. The highest BCUT2D eigenvalue weighted by Crippen LogP contribution is 2.35. The summed E-state index contributed by atoms with van der Waals surface area (Å²) < 4.78 is 25.6. The molecule has 0 bridgehead atoms. The molecule has 1 aromatic carbocycles. The molecule has 0 spiro atoms. The lowest BCUT2D eigenvalue weighted by molar-refractivity contribution is 0.508. The molecule has 0 aromatic heterocycles. The third kappa shape index (κ3) is 2.46. The maximum atomic E-state index is 12.9. The maximum Gasteiger partial charge on any atom is 0.160 e. The summed E-state index contributed by atoms with van der Waals surface area (Å²) in [4.78, 5) is 0. The van der Waals surface area contributed by atoms with Crippen molar-refractivity contribution >= 4 is 5.69 Å². The van der Waals surface area contributed by atoms with Crippen molar-refractivity contribution in [3.63, 3.8) is 0 Å². The highest BCUT2D eigenvalue weighted by molar-refractivity contribution is 5.44. The van der Waals surface area contributed by atoms with Gasteiger partial charge < -0.3 is 5.32 Å². The quantitative estimate of drug-likeness (QED) is 0.802. The standard InChI is InChI=1S/C12H15F2N/c1-2-12(8-3-4-8)15-9-5-6-10(13)11(14)7-9/h5-8,12,15H,2-4H2,1H3. The third-order valence-corrected chi connectivity index (χ3v) is 2.90. The second-order valence-corrected chi connectivity index (χ2v) is 4.13. The average Bonchev–Trinajstić information content (AvgIpc) is 3.03. The molecular formula is C12H15F2N. The van der Waals surface area contributed by atoms with Gasteiger partial charge in [-0.3, -0.25) is 0 Å². The van der Waals surface area contributed by atoms with E-state index in [-0.39, 0.29) is 0 Å². The van der Waals surface area contributed by atoms with Crippen molar-refractivity contribution in [2.45, 2.75) is 32.2 Å². The molecule has 1 saturated carbocycles. The van der Waals surface area contributed by atoms with Crippen LogP contribution < -0.4 is 5.32 Å². The molecule has 0 saturated heterocycles. The zero-order valence-corrected chi connectivity index (χ0v) is 8.76. The maximum absolute atomic E-state index is 12.9. The molecule has 0 heterocycles. The lowest BCUT2D eigenvalue weighted by Crippen LogP contribution is -2.20. The SMILES string of the molecule is CCC(Nc1ccc(F)c(F)c1)C1CC1. The van der Waals surface area contributed by atoms with Gasteiger partial charge in [-0.25, -0.2) is 8.78 Å². The average molecular weight is 211 g/mol. The lowest BCUT2D eigenvalue weighted by atomic mass is 10.1. The fraction of sp³-hybridized carbons (Fsp3) is 0.500. The molecule has 3 heteroatoms. The van der Waals surface area contributed by atoms with Crippen molar-refractivity contribution in [3.05, 3.63) is 29.8 Å². The van der Waals surface area contributed by atoms with E-state index in [2.05, 4.69) is 12.2 Å². The van der Waals surface area contributed by atoms with Crippen LogP contribution in [0.25, 0.3) is 0 Å². The molecular weight excluding hydrogens is 196 g/mol. The second kappa shape index (κ2) is 4.17. The largest absolute Gasteiger partial charge is 0.382 e. The number of benzene rings is 1. The van der Waals surface area contributed by atoms with E-state index in [1.807, 2.05) is 0 Å². The predicted octanol–water partition coefficient (Wildman–Crippen LogP) is 3.57. The molecule has 1 atom stereocenters. The Labute approximate surface area is 88.5 Å². The number of nitrogens with one attached hydrogen (secondary N) is 1. The first kappa shape index (κ1) is 10.4. The van der Waals surface area contributed by atoms with E-state index in [0.717, 1.165) is 12.5 Å². The first-order chi connectivity index (χ1) is 7.20. The number of halogens is 2. The van der Waals surface area contributed by atoms with Crippen LogP contribution in [0.3, 0.4) is 0 Å². The van der Waals surface area contributed by atoms with E-state index in [0.29, 0.717) is 17.6 Å². The van der Waals surface area contributed by atoms with Crippen LogP contribution in [0.5, 0.6) is 0 Å². The van der Waals surface area contributed by atoms with Crippen molar-refractivity contribution in [2.24, 2.45) is 5.92 Å². The van der Waals surface area contributed by atoms with E-state index in [4.69, 9.17) is 0 Å². The van der Waals surface area contributed by atoms with Gasteiger partial charge in [0.15, 0.2) is 11.6 Å². The van der Waals surface area contributed by atoms with Gasteiger partial charge in [0.1, 0.15) is 0 Å². The summed E-state index contributed by atoms with van der Waals surface area (Å²) in [5.74, 6) is -0.867. The Morgan fingerprint density at radius 3 is 2.60 bits per heavy atom. The van der Waals surface area contributed by atoms with Gasteiger partial charge >= 0.3 is 0 Å². The molecule has 0 amide bonds. The van der Waals surface area contributed by atoms with Crippen molar-refractivity contribution in [2.75, 3.05) is 5.32 Å². The summed E-state index contributed by atoms with van der Waals surface area (Å²) in [6.45, 7) is 2.11. The van der Waals surface area contributed by atoms with Gasteiger partial charge in [0.2, 0.25) is 0 Å². The van der Waals surface area contributed by atoms with E-state index in [1.54, 1.807) is 6.07 Å². The Morgan fingerprint density at radius 2 is 2.07 bits per heavy atom. The molecule has 1 fully saturated rings. The van der Waals surface area contributed by atoms with Crippen molar-refractivity contribution in [1.29, 1.82) is 0 Å². The van der Waals surface area contributed by atoms with Gasteiger partial charge in [0.25, 0.3) is 0 Å². The first-order valence-electron chi connectivity index (χ1n) is 5.42. The highest BCUT2D eigenvalue weighted by Gasteiger charge is 2.29. The Morgan fingerprint density at radius 1 is 1.33 bits per heavy atom. The first-order valence-corrected chi connectivity index (χ1v) is 5.42. The van der Waals surface area contributed by atoms with E-state index in [1.165, 1.54) is 18.9 Å². The molecule has 1 aliphatic rings. The molecule has 0 radical (unpaired) electrons. The summed E-state index contributed by atoms with van der Waals surface area (Å²) in [5, 5.41) is 3.25. The van der Waals surface area contributed by atoms with Crippen LogP contribution in [0.15, 0.2) is 18.2 Å². The van der Waals surface area contributed by atoms with Crippen molar-refractivity contribution in [1.82, 2.24) is 0 Å². The minimum absolute atomic E-state index is 0.398. The summed E-state index contributed by atoms with van der Waals surface area (Å²) in [6.07, 6.45) is 3.51. The van der Waals surface area contributed by atoms with E-state index in [9.17, 15) is 8.78 Å². The third-order valence-electron chi connectivity index (χ3n) is 2.90. The van der Waals surface area contributed by atoms with Gasteiger partial charge in [0, 0.05) is 17.8 Å². The van der Waals surface area contributed by atoms with Crippen LogP contribution in [0.2, 0.25) is 0 Å². The van der Waals surface area contributed by atoms with Crippen LogP contribution in [0, 0.1) is 17.6 Å². The minimum atomic E-state index is -0.792. The predicted molar refractivity (Wildman–Crippen MR) is 56.8 cm³/mol. The molecule has 82 valence electrons. The normalized spacial score (nSPS) is 17.5. The summed E-state index contributed by atoms with van der Waals surface area (Å²) in [6, 6.07) is 4.37.